The number of hydrogen-bond acceptors (Lipinski definition) is 4. The number of hydrogen-bond donors (Lipinski definition) is 2. The van der Waals surface area contributed by atoms with Gasteiger partial charge in [-0.1, -0.05) is 62.6 Å². The Morgan fingerprint density at radius 1 is 0.920 bits per heavy atom. The molecule has 0 aliphatic heterocycles. The van der Waals surface area contributed by atoms with E-state index in [0.717, 1.165) is 44.9 Å². The Hall–Kier alpha value is -1.39. The second-order valence-corrected chi connectivity index (χ2v) is 6.12. The number of ether oxygens (including phenoxy) is 1. The van der Waals surface area contributed by atoms with E-state index in [-0.39, 0.29) is 19.2 Å². The number of aliphatic hydroxyl groups is 2. The van der Waals surface area contributed by atoms with Gasteiger partial charge >= 0.3 is 5.97 Å². The third kappa shape index (κ3) is 18.8. The first-order chi connectivity index (χ1) is 12.2. The van der Waals surface area contributed by atoms with Gasteiger partial charge in [0.2, 0.25) is 0 Å². The van der Waals surface area contributed by atoms with Gasteiger partial charge in [0.15, 0.2) is 0 Å². The molecule has 4 nitrogen and oxygen atoms in total. The van der Waals surface area contributed by atoms with Gasteiger partial charge in [-0.25, -0.2) is 0 Å². The smallest absolute Gasteiger partial charge is 0.305 e. The van der Waals surface area contributed by atoms with Crippen molar-refractivity contribution in [3.63, 3.8) is 0 Å². The van der Waals surface area contributed by atoms with Crippen LogP contribution in [0.15, 0.2) is 36.5 Å². The van der Waals surface area contributed by atoms with Crippen LogP contribution >= 0.6 is 0 Å². The highest BCUT2D eigenvalue weighted by Gasteiger charge is 2.07. The zero-order chi connectivity index (χ0) is 18.6. The Bertz CT molecular complexity index is 385. The van der Waals surface area contributed by atoms with Crippen LogP contribution < -0.4 is 0 Å². The summed E-state index contributed by atoms with van der Waals surface area (Å²) in [5.74, 6) is -0.298. The van der Waals surface area contributed by atoms with E-state index in [1.54, 1.807) is 0 Å². The van der Waals surface area contributed by atoms with Gasteiger partial charge in [-0.3, -0.25) is 4.79 Å². The zero-order valence-corrected chi connectivity index (χ0v) is 15.7. The van der Waals surface area contributed by atoms with Crippen molar-refractivity contribution in [1.82, 2.24) is 0 Å². The molecule has 1 atom stereocenters. The summed E-state index contributed by atoms with van der Waals surface area (Å²) in [5.41, 5.74) is 0. The Balaban J connectivity index is 3.34. The standard InChI is InChI=1S/C21H36O4/c1-2-3-4-5-6-7-8-9-10-11-12-13-14-15-16-17-21(24)25-19-20(23)18-22/h3-4,6-7,9-10,20,22-23H,2,5,8,11-19H2,1H3/b4-3-,7-6-,10-9-. The molecule has 0 aromatic carbocycles. The summed E-state index contributed by atoms with van der Waals surface area (Å²) >= 11 is 0. The molecule has 0 heterocycles. The Labute approximate surface area is 153 Å². The van der Waals surface area contributed by atoms with Crippen molar-refractivity contribution in [1.29, 1.82) is 0 Å². The molecule has 25 heavy (non-hydrogen) atoms. The molecule has 0 bridgehead atoms. The number of rotatable bonds is 16. The number of allylic oxidation sites excluding steroid dienone is 6. The minimum Gasteiger partial charge on any atom is -0.463 e. The van der Waals surface area contributed by atoms with E-state index in [1.807, 2.05) is 0 Å². The summed E-state index contributed by atoms with van der Waals surface area (Å²) < 4.78 is 4.85. The summed E-state index contributed by atoms with van der Waals surface area (Å²) in [7, 11) is 0. The molecule has 0 saturated heterocycles. The minimum absolute atomic E-state index is 0.119. The third-order valence-electron chi connectivity index (χ3n) is 3.68. The lowest BCUT2D eigenvalue weighted by molar-refractivity contribution is -0.147. The highest BCUT2D eigenvalue weighted by Crippen LogP contribution is 2.08. The van der Waals surface area contributed by atoms with Gasteiger partial charge in [0.1, 0.15) is 12.7 Å². The quantitative estimate of drug-likeness (QED) is 0.244. The summed E-state index contributed by atoms with van der Waals surface area (Å²) in [5, 5.41) is 17.7. The van der Waals surface area contributed by atoms with Crippen molar-refractivity contribution in [3.8, 4) is 0 Å². The third-order valence-corrected chi connectivity index (χ3v) is 3.68. The van der Waals surface area contributed by atoms with Crippen LogP contribution in [-0.4, -0.2) is 35.5 Å². The molecular weight excluding hydrogens is 316 g/mol. The monoisotopic (exact) mass is 352 g/mol. The highest BCUT2D eigenvalue weighted by atomic mass is 16.5. The van der Waals surface area contributed by atoms with E-state index < -0.39 is 6.10 Å². The van der Waals surface area contributed by atoms with Gasteiger partial charge in [0, 0.05) is 6.42 Å². The van der Waals surface area contributed by atoms with Crippen molar-refractivity contribution < 1.29 is 19.7 Å². The molecule has 0 spiro atoms. The summed E-state index contributed by atoms with van der Waals surface area (Å²) in [6.07, 6.45) is 22.3. The van der Waals surface area contributed by atoms with Crippen molar-refractivity contribution in [2.24, 2.45) is 0 Å². The molecule has 144 valence electrons. The predicted octanol–water partition coefficient (Wildman–Crippen LogP) is 4.47. The van der Waals surface area contributed by atoms with Crippen LogP contribution in [-0.2, 0) is 9.53 Å². The second kappa shape index (κ2) is 18.9. The maximum atomic E-state index is 11.4. The summed E-state index contributed by atoms with van der Waals surface area (Å²) in [6.45, 7) is 1.64. The maximum Gasteiger partial charge on any atom is 0.305 e. The van der Waals surface area contributed by atoms with E-state index in [4.69, 9.17) is 14.9 Å². The largest absolute Gasteiger partial charge is 0.463 e. The van der Waals surface area contributed by atoms with Gasteiger partial charge in [-0.2, -0.15) is 0 Å². The molecule has 1 unspecified atom stereocenters. The lowest BCUT2D eigenvalue weighted by Gasteiger charge is -2.08. The molecule has 0 aromatic rings. The number of unbranched alkanes of at least 4 members (excludes halogenated alkanes) is 5. The number of carbonyl (C=O) groups excluding carboxylic acids is 1. The number of aliphatic hydroxyl groups excluding tert-OH is 2. The van der Waals surface area contributed by atoms with E-state index in [1.165, 1.54) is 12.8 Å². The van der Waals surface area contributed by atoms with E-state index in [0.29, 0.717) is 6.42 Å². The van der Waals surface area contributed by atoms with Crippen LogP contribution in [0, 0.1) is 0 Å². The average molecular weight is 353 g/mol. The fourth-order valence-corrected chi connectivity index (χ4v) is 2.20. The number of esters is 1. The maximum absolute atomic E-state index is 11.4. The molecule has 0 aliphatic carbocycles. The zero-order valence-electron chi connectivity index (χ0n) is 15.7. The molecule has 0 rings (SSSR count). The molecular formula is C21H36O4. The Morgan fingerprint density at radius 2 is 1.52 bits per heavy atom. The fourth-order valence-electron chi connectivity index (χ4n) is 2.20. The molecule has 0 aliphatic rings. The first-order valence-electron chi connectivity index (χ1n) is 9.60. The van der Waals surface area contributed by atoms with Crippen molar-refractivity contribution in [3.05, 3.63) is 36.5 Å². The van der Waals surface area contributed by atoms with E-state index >= 15 is 0 Å². The van der Waals surface area contributed by atoms with Crippen LogP contribution in [0.3, 0.4) is 0 Å². The summed E-state index contributed by atoms with van der Waals surface area (Å²) in [6, 6.07) is 0. The van der Waals surface area contributed by atoms with Crippen LogP contribution in [0.4, 0.5) is 0 Å². The Kier molecular flexibility index (Phi) is 17.9. The van der Waals surface area contributed by atoms with E-state index in [2.05, 4.69) is 43.4 Å². The molecule has 0 amide bonds. The van der Waals surface area contributed by atoms with Crippen molar-refractivity contribution >= 4 is 5.97 Å². The Morgan fingerprint density at radius 3 is 2.20 bits per heavy atom. The summed E-state index contributed by atoms with van der Waals surface area (Å²) in [4.78, 5) is 11.4. The average Bonchev–Trinajstić information content (AvgIpc) is 2.62. The van der Waals surface area contributed by atoms with Crippen LogP contribution in [0.5, 0.6) is 0 Å². The van der Waals surface area contributed by atoms with E-state index in [9.17, 15) is 4.79 Å². The van der Waals surface area contributed by atoms with Gasteiger partial charge in [-0.15, -0.1) is 0 Å². The van der Waals surface area contributed by atoms with Crippen molar-refractivity contribution in [2.45, 2.75) is 77.2 Å². The number of carbonyl (C=O) groups is 1. The lowest BCUT2D eigenvalue weighted by Crippen LogP contribution is -2.21. The first-order valence-corrected chi connectivity index (χ1v) is 9.60. The molecule has 0 radical (unpaired) electrons. The molecule has 0 fully saturated rings. The SMILES string of the molecule is CC/C=C\C/C=C\C/C=C\CCCCCCCC(=O)OCC(O)CO. The second-order valence-electron chi connectivity index (χ2n) is 6.12. The van der Waals surface area contributed by atoms with Gasteiger partial charge < -0.3 is 14.9 Å². The van der Waals surface area contributed by atoms with Crippen LogP contribution in [0.25, 0.3) is 0 Å². The normalized spacial score (nSPS) is 13.2. The topological polar surface area (TPSA) is 66.8 Å². The predicted molar refractivity (Wildman–Crippen MR) is 103 cm³/mol. The van der Waals surface area contributed by atoms with Gasteiger partial charge in [0.25, 0.3) is 0 Å². The highest BCUT2D eigenvalue weighted by molar-refractivity contribution is 5.69. The molecule has 0 saturated carbocycles. The molecule has 4 heteroatoms. The van der Waals surface area contributed by atoms with Gasteiger partial charge in [-0.05, 0) is 38.5 Å². The molecule has 2 N–H and O–H groups in total. The molecule has 0 aromatic heterocycles. The van der Waals surface area contributed by atoms with Crippen LogP contribution in [0.1, 0.15) is 71.1 Å². The first kappa shape index (κ1) is 23.6. The van der Waals surface area contributed by atoms with Crippen LogP contribution in [0.2, 0.25) is 0 Å². The lowest BCUT2D eigenvalue weighted by atomic mass is 10.1. The van der Waals surface area contributed by atoms with Gasteiger partial charge in [0.05, 0.1) is 6.61 Å². The minimum atomic E-state index is -0.967. The van der Waals surface area contributed by atoms with Crippen molar-refractivity contribution in [2.75, 3.05) is 13.2 Å². The fraction of sp³-hybridized carbons (Fsp3) is 0.667.